The fraction of sp³-hybridized carbons (Fsp3) is 0.182. The summed E-state index contributed by atoms with van der Waals surface area (Å²) in [4.78, 5) is 24.8. The molecule has 1 atom stereocenters. The van der Waals surface area contributed by atoms with Gasteiger partial charge in [0.15, 0.2) is 11.5 Å². The van der Waals surface area contributed by atoms with Gasteiger partial charge in [0.2, 0.25) is 12.7 Å². The Hall–Kier alpha value is -3.74. The SMILES string of the molecule is COc1ccc2cc(C(C)C(=O)NNC(=O)c3ccc4c(c3)OCO4)ccc2c1. The van der Waals surface area contributed by atoms with E-state index in [2.05, 4.69) is 10.9 Å². The molecular formula is C22H20N2O5. The van der Waals surface area contributed by atoms with Gasteiger partial charge in [-0.25, -0.2) is 0 Å². The van der Waals surface area contributed by atoms with E-state index in [1.165, 1.54) is 0 Å². The van der Waals surface area contributed by atoms with Crippen LogP contribution in [0.5, 0.6) is 17.2 Å². The number of hydrogen-bond acceptors (Lipinski definition) is 5. The number of amides is 2. The summed E-state index contributed by atoms with van der Waals surface area (Å²) in [5, 5.41) is 2.03. The Morgan fingerprint density at radius 3 is 2.52 bits per heavy atom. The third-order valence-electron chi connectivity index (χ3n) is 4.90. The van der Waals surface area contributed by atoms with Crippen molar-refractivity contribution in [3.63, 3.8) is 0 Å². The second-order valence-corrected chi connectivity index (χ2v) is 6.71. The predicted molar refractivity (Wildman–Crippen MR) is 107 cm³/mol. The van der Waals surface area contributed by atoms with Crippen molar-refractivity contribution in [1.29, 1.82) is 0 Å². The zero-order chi connectivity index (χ0) is 20.4. The molecule has 148 valence electrons. The Labute approximate surface area is 167 Å². The summed E-state index contributed by atoms with van der Waals surface area (Å²) in [6.45, 7) is 1.92. The molecule has 0 saturated carbocycles. The molecule has 29 heavy (non-hydrogen) atoms. The molecule has 0 fully saturated rings. The second kappa shape index (κ2) is 7.71. The van der Waals surface area contributed by atoms with E-state index in [9.17, 15) is 9.59 Å². The van der Waals surface area contributed by atoms with Crippen LogP contribution in [0.15, 0.2) is 54.6 Å². The average Bonchev–Trinajstić information content (AvgIpc) is 3.23. The second-order valence-electron chi connectivity index (χ2n) is 6.71. The lowest BCUT2D eigenvalue weighted by Crippen LogP contribution is -2.43. The van der Waals surface area contributed by atoms with Gasteiger partial charge in [0.05, 0.1) is 13.0 Å². The maximum absolute atomic E-state index is 12.5. The van der Waals surface area contributed by atoms with Crippen LogP contribution in [-0.4, -0.2) is 25.7 Å². The van der Waals surface area contributed by atoms with Gasteiger partial charge in [-0.15, -0.1) is 0 Å². The number of benzene rings is 3. The third-order valence-corrected chi connectivity index (χ3v) is 4.90. The van der Waals surface area contributed by atoms with Crippen LogP contribution in [0.4, 0.5) is 0 Å². The number of hydrazine groups is 1. The van der Waals surface area contributed by atoms with Crippen LogP contribution in [0.1, 0.15) is 28.8 Å². The van der Waals surface area contributed by atoms with E-state index in [4.69, 9.17) is 14.2 Å². The molecule has 0 saturated heterocycles. The molecule has 1 aliphatic heterocycles. The van der Waals surface area contributed by atoms with E-state index in [0.717, 1.165) is 22.1 Å². The van der Waals surface area contributed by atoms with Gasteiger partial charge in [-0.3, -0.25) is 20.4 Å². The number of carbonyl (C=O) groups is 2. The van der Waals surface area contributed by atoms with Crippen LogP contribution >= 0.6 is 0 Å². The maximum atomic E-state index is 12.5. The molecule has 2 amide bonds. The van der Waals surface area contributed by atoms with Crippen molar-refractivity contribution in [3.8, 4) is 17.2 Å². The highest BCUT2D eigenvalue weighted by atomic mass is 16.7. The average molecular weight is 392 g/mol. The van der Waals surface area contributed by atoms with Crippen molar-refractivity contribution >= 4 is 22.6 Å². The summed E-state index contributed by atoms with van der Waals surface area (Å²) >= 11 is 0. The smallest absolute Gasteiger partial charge is 0.269 e. The molecule has 3 aromatic rings. The van der Waals surface area contributed by atoms with E-state index in [-0.39, 0.29) is 12.7 Å². The number of carbonyl (C=O) groups excluding carboxylic acids is 2. The normalized spacial score (nSPS) is 13.0. The molecule has 0 aromatic heterocycles. The molecule has 0 radical (unpaired) electrons. The summed E-state index contributed by atoms with van der Waals surface area (Å²) in [5.74, 6) is 0.681. The first kappa shape index (κ1) is 18.6. The Kier molecular flexibility index (Phi) is 4.95. The maximum Gasteiger partial charge on any atom is 0.269 e. The Bertz CT molecular complexity index is 1100. The lowest BCUT2D eigenvalue weighted by atomic mass is 9.97. The van der Waals surface area contributed by atoms with Gasteiger partial charge in [-0.2, -0.15) is 0 Å². The molecule has 7 nitrogen and oxygen atoms in total. The summed E-state index contributed by atoms with van der Waals surface area (Å²) in [6, 6.07) is 16.4. The molecule has 0 aliphatic carbocycles. The summed E-state index contributed by atoms with van der Waals surface area (Å²) in [7, 11) is 1.62. The van der Waals surface area contributed by atoms with Crippen LogP contribution in [0, 0.1) is 0 Å². The van der Waals surface area contributed by atoms with Crippen molar-refractivity contribution in [2.45, 2.75) is 12.8 Å². The van der Waals surface area contributed by atoms with Crippen LogP contribution in [0.25, 0.3) is 10.8 Å². The zero-order valence-electron chi connectivity index (χ0n) is 16.0. The van der Waals surface area contributed by atoms with E-state index in [1.54, 1.807) is 32.2 Å². The van der Waals surface area contributed by atoms with E-state index in [1.807, 2.05) is 36.4 Å². The molecule has 1 aliphatic rings. The molecule has 0 spiro atoms. The molecule has 3 aromatic carbocycles. The Morgan fingerprint density at radius 2 is 1.69 bits per heavy atom. The Balaban J connectivity index is 1.41. The van der Waals surface area contributed by atoms with Crippen molar-refractivity contribution in [2.24, 2.45) is 0 Å². The molecule has 0 bridgehead atoms. The van der Waals surface area contributed by atoms with Crippen LogP contribution < -0.4 is 25.1 Å². The van der Waals surface area contributed by atoms with Crippen LogP contribution in [0.3, 0.4) is 0 Å². The highest BCUT2D eigenvalue weighted by molar-refractivity contribution is 5.97. The summed E-state index contributed by atoms with van der Waals surface area (Å²) in [5.41, 5.74) is 6.13. The fourth-order valence-corrected chi connectivity index (χ4v) is 3.13. The molecule has 1 unspecified atom stereocenters. The number of fused-ring (bicyclic) bond motifs is 2. The quantitative estimate of drug-likeness (QED) is 0.667. The van der Waals surface area contributed by atoms with Gasteiger partial charge in [0, 0.05) is 5.56 Å². The van der Waals surface area contributed by atoms with Gasteiger partial charge in [0.1, 0.15) is 5.75 Å². The molecule has 4 rings (SSSR count). The van der Waals surface area contributed by atoms with Gasteiger partial charge < -0.3 is 14.2 Å². The Morgan fingerprint density at radius 1 is 0.931 bits per heavy atom. The fourth-order valence-electron chi connectivity index (χ4n) is 3.13. The standard InChI is InChI=1S/C22H20N2O5/c1-13(14-3-4-16-10-18(27-2)7-5-15(16)9-14)21(25)23-24-22(26)17-6-8-19-20(11-17)29-12-28-19/h3-11,13H,12H2,1-2H3,(H,23,25)(H,24,26). The number of nitrogens with one attached hydrogen (secondary N) is 2. The summed E-state index contributed by atoms with van der Waals surface area (Å²) < 4.78 is 15.7. The first-order valence-corrected chi connectivity index (χ1v) is 9.13. The van der Waals surface area contributed by atoms with Crippen molar-refractivity contribution in [3.05, 3.63) is 65.7 Å². The monoisotopic (exact) mass is 392 g/mol. The van der Waals surface area contributed by atoms with Crippen molar-refractivity contribution < 1.29 is 23.8 Å². The van der Waals surface area contributed by atoms with E-state index >= 15 is 0 Å². The number of hydrogen-bond donors (Lipinski definition) is 2. The van der Waals surface area contributed by atoms with Gasteiger partial charge >= 0.3 is 0 Å². The summed E-state index contributed by atoms with van der Waals surface area (Å²) in [6.07, 6.45) is 0. The van der Waals surface area contributed by atoms with Crippen molar-refractivity contribution in [2.75, 3.05) is 13.9 Å². The minimum Gasteiger partial charge on any atom is -0.497 e. The van der Waals surface area contributed by atoms with Gasteiger partial charge in [-0.05, 0) is 53.6 Å². The third kappa shape index (κ3) is 3.80. The van der Waals surface area contributed by atoms with Gasteiger partial charge in [0.25, 0.3) is 5.91 Å². The van der Waals surface area contributed by atoms with E-state index < -0.39 is 11.8 Å². The van der Waals surface area contributed by atoms with Crippen LogP contribution in [0.2, 0.25) is 0 Å². The lowest BCUT2D eigenvalue weighted by Gasteiger charge is -2.14. The highest BCUT2D eigenvalue weighted by Crippen LogP contribution is 2.32. The molecule has 7 heteroatoms. The topological polar surface area (TPSA) is 85.9 Å². The first-order valence-electron chi connectivity index (χ1n) is 9.13. The number of methoxy groups -OCH3 is 1. The van der Waals surface area contributed by atoms with Crippen molar-refractivity contribution in [1.82, 2.24) is 10.9 Å². The van der Waals surface area contributed by atoms with E-state index in [0.29, 0.717) is 17.1 Å². The highest BCUT2D eigenvalue weighted by Gasteiger charge is 2.19. The van der Waals surface area contributed by atoms with Crippen LogP contribution in [-0.2, 0) is 4.79 Å². The molecular weight excluding hydrogens is 372 g/mol. The molecule has 1 heterocycles. The first-order chi connectivity index (χ1) is 14.0. The minimum atomic E-state index is -0.446. The number of rotatable bonds is 4. The largest absolute Gasteiger partial charge is 0.497 e. The lowest BCUT2D eigenvalue weighted by molar-refractivity contribution is -0.123. The number of ether oxygens (including phenoxy) is 3. The minimum absolute atomic E-state index is 0.132. The molecule has 2 N–H and O–H groups in total. The van der Waals surface area contributed by atoms with Gasteiger partial charge in [-0.1, -0.05) is 24.3 Å². The zero-order valence-corrected chi connectivity index (χ0v) is 16.0. The predicted octanol–water partition coefficient (Wildman–Crippen LogP) is 3.14.